The standard InChI is InChI=1S/C24H22N4O4S/c29-21-13-33-20-6-5-16(8-19(20)26-21)27-12-17(32-24(27)31)10-25-9-15-11-28-22(30)7-4-14-2-1-3-18(15)23(14)28/h1-8,15,17,25H,9-13H2,(H,26,29)/t15-,17+/m1/s1. The Bertz CT molecular complexity index is 1350. The maximum absolute atomic E-state index is 12.5. The number of nitrogens with one attached hydrogen (secondary N) is 2. The highest BCUT2D eigenvalue weighted by Crippen LogP contribution is 2.36. The molecule has 0 saturated carbocycles. The maximum Gasteiger partial charge on any atom is 0.414 e. The van der Waals surface area contributed by atoms with Crippen LogP contribution in [0.25, 0.3) is 10.9 Å². The number of carbonyl (C=O) groups excluding carboxylic acids is 2. The number of benzene rings is 2. The number of aromatic nitrogens is 1. The molecule has 168 valence electrons. The Balaban J connectivity index is 1.10. The van der Waals surface area contributed by atoms with Gasteiger partial charge in [0.2, 0.25) is 5.91 Å². The summed E-state index contributed by atoms with van der Waals surface area (Å²) in [5.41, 5.74) is 3.66. The lowest BCUT2D eigenvalue weighted by Gasteiger charge is -2.20. The number of para-hydroxylation sites is 1. The van der Waals surface area contributed by atoms with Crippen molar-refractivity contribution in [3.05, 3.63) is 64.4 Å². The number of rotatable bonds is 5. The van der Waals surface area contributed by atoms with E-state index in [9.17, 15) is 14.4 Å². The van der Waals surface area contributed by atoms with Gasteiger partial charge in [0, 0.05) is 42.2 Å². The molecule has 0 radical (unpaired) electrons. The van der Waals surface area contributed by atoms with Crippen LogP contribution < -0.4 is 21.1 Å². The summed E-state index contributed by atoms with van der Waals surface area (Å²) in [7, 11) is 0. The minimum atomic E-state index is -0.388. The number of pyridine rings is 1. The number of hydrogen-bond acceptors (Lipinski definition) is 6. The third-order valence-electron chi connectivity index (χ3n) is 6.43. The van der Waals surface area contributed by atoms with Gasteiger partial charge in [0.15, 0.2) is 0 Å². The molecule has 6 rings (SSSR count). The fraction of sp³-hybridized carbons (Fsp3) is 0.292. The number of thioether (sulfide) groups is 1. The van der Waals surface area contributed by atoms with Gasteiger partial charge < -0.3 is 19.9 Å². The number of hydrogen-bond donors (Lipinski definition) is 2. The van der Waals surface area contributed by atoms with Crippen LogP contribution in [-0.2, 0) is 16.1 Å². The topological polar surface area (TPSA) is 92.7 Å². The number of ether oxygens (including phenoxy) is 1. The summed E-state index contributed by atoms with van der Waals surface area (Å²) < 4.78 is 7.42. The zero-order valence-corrected chi connectivity index (χ0v) is 18.6. The van der Waals surface area contributed by atoms with Crippen molar-refractivity contribution in [2.24, 2.45) is 0 Å². The second-order valence-corrected chi connectivity index (χ2v) is 9.57. The van der Waals surface area contributed by atoms with Gasteiger partial charge in [0.25, 0.3) is 5.56 Å². The predicted molar refractivity (Wildman–Crippen MR) is 127 cm³/mol. The van der Waals surface area contributed by atoms with E-state index in [4.69, 9.17) is 4.74 Å². The fourth-order valence-corrected chi connectivity index (χ4v) is 5.68. The second kappa shape index (κ2) is 7.93. The van der Waals surface area contributed by atoms with E-state index in [0.717, 1.165) is 21.5 Å². The Labute approximate surface area is 193 Å². The Hall–Kier alpha value is -3.30. The van der Waals surface area contributed by atoms with Crippen LogP contribution in [0.3, 0.4) is 0 Å². The molecule has 2 atom stereocenters. The van der Waals surface area contributed by atoms with Crippen LogP contribution in [0.5, 0.6) is 0 Å². The third-order valence-corrected chi connectivity index (χ3v) is 7.50. The number of nitrogens with zero attached hydrogens (tertiary/aromatic N) is 2. The number of cyclic esters (lactones) is 1. The first-order chi connectivity index (χ1) is 16.1. The first-order valence-corrected chi connectivity index (χ1v) is 11.9. The Morgan fingerprint density at radius 3 is 2.88 bits per heavy atom. The van der Waals surface area contributed by atoms with E-state index >= 15 is 0 Å². The molecular weight excluding hydrogens is 440 g/mol. The molecule has 9 heteroatoms. The molecule has 0 bridgehead atoms. The lowest BCUT2D eigenvalue weighted by molar-refractivity contribution is -0.113. The van der Waals surface area contributed by atoms with E-state index in [1.165, 1.54) is 17.3 Å². The average molecular weight is 463 g/mol. The number of anilines is 2. The Morgan fingerprint density at radius 1 is 1.06 bits per heavy atom. The Kier molecular flexibility index (Phi) is 4.88. The second-order valence-electron chi connectivity index (χ2n) is 8.56. The first kappa shape index (κ1) is 20.3. The van der Waals surface area contributed by atoms with E-state index in [1.807, 2.05) is 41.0 Å². The van der Waals surface area contributed by atoms with Crippen molar-refractivity contribution in [1.29, 1.82) is 0 Å². The van der Waals surface area contributed by atoms with Crippen molar-refractivity contribution in [3.63, 3.8) is 0 Å². The summed E-state index contributed by atoms with van der Waals surface area (Å²) in [6.07, 6.45) is -0.666. The molecule has 2 amide bonds. The van der Waals surface area contributed by atoms with Crippen molar-refractivity contribution >= 4 is 46.0 Å². The van der Waals surface area contributed by atoms with Crippen LogP contribution in [-0.4, -0.2) is 48.1 Å². The molecule has 2 aromatic carbocycles. The van der Waals surface area contributed by atoms with E-state index in [1.54, 1.807) is 11.0 Å². The summed E-state index contributed by atoms with van der Waals surface area (Å²) in [6, 6.07) is 15.3. The van der Waals surface area contributed by atoms with Crippen LogP contribution in [0, 0.1) is 0 Å². The molecule has 1 saturated heterocycles. The van der Waals surface area contributed by atoms with Crippen molar-refractivity contribution in [3.8, 4) is 0 Å². The Morgan fingerprint density at radius 2 is 1.97 bits per heavy atom. The molecular formula is C24H22N4O4S. The van der Waals surface area contributed by atoms with E-state index < -0.39 is 0 Å². The van der Waals surface area contributed by atoms with Gasteiger partial charge in [-0.25, -0.2) is 4.79 Å². The fourth-order valence-electron chi connectivity index (χ4n) is 4.89. The molecule has 1 fully saturated rings. The van der Waals surface area contributed by atoms with Crippen LogP contribution in [0.1, 0.15) is 11.5 Å². The third kappa shape index (κ3) is 3.57. The van der Waals surface area contributed by atoms with Crippen LogP contribution >= 0.6 is 11.8 Å². The molecule has 3 aliphatic heterocycles. The molecule has 3 aliphatic rings. The van der Waals surface area contributed by atoms with Gasteiger partial charge in [-0.2, -0.15) is 0 Å². The number of fused-ring (bicyclic) bond motifs is 1. The van der Waals surface area contributed by atoms with Gasteiger partial charge in [-0.15, -0.1) is 11.8 Å². The molecule has 2 N–H and O–H groups in total. The van der Waals surface area contributed by atoms with Gasteiger partial charge in [-0.3, -0.25) is 14.5 Å². The predicted octanol–water partition coefficient (Wildman–Crippen LogP) is 2.76. The zero-order valence-electron chi connectivity index (χ0n) is 17.7. The molecule has 0 aliphatic carbocycles. The van der Waals surface area contributed by atoms with Crippen molar-refractivity contribution in [2.75, 3.05) is 35.6 Å². The molecule has 8 nitrogen and oxygen atoms in total. The van der Waals surface area contributed by atoms with Gasteiger partial charge in [0.1, 0.15) is 6.10 Å². The van der Waals surface area contributed by atoms with Gasteiger partial charge in [-0.05, 0) is 35.2 Å². The maximum atomic E-state index is 12.5. The highest BCUT2D eigenvalue weighted by atomic mass is 32.2. The lowest BCUT2D eigenvalue weighted by atomic mass is 10.00. The molecule has 0 spiro atoms. The van der Waals surface area contributed by atoms with Crippen molar-refractivity contribution in [1.82, 2.24) is 9.88 Å². The monoisotopic (exact) mass is 462 g/mol. The summed E-state index contributed by atoms with van der Waals surface area (Å²) in [5.74, 6) is 0.558. The average Bonchev–Trinajstić information content (AvgIpc) is 3.38. The largest absolute Gasteiger partial charge is 0.443 e. The van der Waals surface area contributed by atoms with Gasteiger partial charge in [0.05, 0.1) is 23.5 Å². The molecule has 1 aromatic heterocycles. The van der Waals surface area contributed by atoms with E-state index in [-0.39, 0.29) is 29.6 Å². The molecule has 33 heavy (non-hydrogen) atoms. The van der Waals surface area contributed by atoms with Gasteiger partial charge >= 0.3 is 6.09 Å². The summed E-state index contributed by atoms with van der Waals surface area (Å²) in [4.78, 5) is 39.1. The van der Waals surface area contributed by atoms with Crippen LogP contribution in [0.2, 0.25) is 0 Å². The van der Waals surface area contributed by atoms with Crippen molar-refractivity contribution in [2.45, 2.75) is 23.5 Å². The smallest absolute Gasteiger partial charge is 0.414 e. The molecule has 0 unspecified atom stereocenters. The first-order valence-electron chi connectivity index (χ1n) is 10.9. The van der Waals surface area contributed by atoms with E-state index in [2.05, 4.69) is 16.7 Å². The number of amides is 2. The van der Waals surface area contributed by atoms with E-state index in [0.29, 0.717) is 37.6 Å². The minimum Gasteiger partial charge on any atom is -0.443 e. The molecule has 3 aromatic rings. The summed E-state index contributed by atoms with van der Waals surface area (Å²) >= 11 is 1.49. The normalized spacial score (nSPS) is 21.3. The lowest BCUT2D eigenvalue weighted by Crippen LogP contribution is -2.33. The van der Waals surface area contributed by atoms with Gasteiger partial charge in [-0.1, -0.05) is 18.2 Å². The van der Waals surface area contributed by atoms with Crippen LogP contribution in [0.15, 0.2) is 58.2 Å². The summed E-state index contributed by atoms with van der Waals surface area (Å²) in [5, 5.41) is 7.37. The van der Waals surface area contributed by atoms with Crippen molar-refractivity contribution < 1.29 is 14.3 Å². The highest BCUT2D eigenvalue weighted by Gasteiger charge is 2.33. The minimum absolute atomic E-state index is 0.0254. The highest BCUT2D eigenvalue weighted by molar-refractivity contribution is 8.00. The number of carbonyl (C=O) groups is 2. The summed E-state index contributed by atoms with van der Waals surface area (Å²) in [6.45, 7) is 2.30. The zero-order chi connectivity index (χ0) is 22.5. The quantitative estimate of drug-likeness (QED) is 0.606. The SMILES string of the molecule is O=C1CSc2ccc(N3C[C@H](CNC[C@@H]4Cn5c(=O)ccc6cccc4c65)OC3=O)cc2N1. The van der Waals surface area contributed by atoms with Crippen LogP contribution in [0.4, 0.5) is 16.2 Å². The molecule has 4 heterocycles.